The predicted molar refractivity (Wildman–Crippen MR) is 80.2 cm³/mol. The van der Waals surface area contributed by atoms with Crippen molar-refractivity contribution in [3.05, 3.63) is 58.9 Å². The number of aryl methyl sites for hydroxylation is 2. The van der Waals surface area contributed by atoms with Crippen molar-refractivity contribution in [2.24, 2.45) is 0 Å². The van der Waals surface area contributed by atoms with Crippen molar-refractivity contribution in [2.45, 2.75) is 29.9 Å². The fraction of sp³-hybridized carbons (Fsp3) is 0.250. The van der Waals surface area contributed by atoms with Gasteiger partial charge < -0.3 is 5.73 Å². The summed E-state index contributed by atoms with van der Waals surface area (Å²) in [4.78, 5) is -0.0327. The molecular formula is C16H16FNO2S. The number of nitrogen functional groups attached to an aromatic ring is 1. The average molecular weight is 305 g/mol. The number of sulfone groups is 1. The summed E-state index contributed by atoms with van der Waals surface area (Å²) in [5.41, 5.74) is 8.60. The van der Waals surface area contributed by atoms with Crippen LogP contribution in [-0.2, 0) is 28.4 Å². The van der Waals surface area contributed by atoms with Crippen LogP contribution < -0.4 is 5.73 Å². The van der Waals surface area contributed by atoms with E-state index in [0.29, 0.717) is 0 Å². The van der Waals surface area contributed by atoms with Crippen LogP contribution in [0, 0.1) is 5.82 Å². The van der Waals surface area contributed by atoms with Crippen molar-refractivity contribution in [1.82, 2.24) is 0 Å². The van der Waals surface area contributed by atoms with Crippen LogP contribution in [0.4, 0.5) is 10.1 Å². The first-order chi connectivity index (χ1) is 9.95. The maximum Gasteiger partial charge on any atom is 0.182 e. The van der Waals surface area contributed by atoms with Gasteiger partial charge in [0, 0.05) is 0 Å². The molecule has 21 heavy (non-hydrogen) atoms. The summed E-state index contributed by atoms with van der Waals surface area (Å²) < 4.78 is 38.2. The van der Waals surface area contributed by atoms with Gasteiger partial charge in [0.1, 0.15) is 5.82 Å². The molecule has 3 nitrogen and oxygen atoms in total. The number of fused-ring (bicyclic) bond motifs is 1. The predicted octanol–water partition coefficient (Wildman–Crippen LogP) is 2.87. The quantitative estimate of drug-likeness (QED) is 0.887. The first kappa shape index (κ1) is 14.1. The third-order valence-electron chi connectivity index (χ3n) is 3.85. The molecule has 110 valence electrons. The van der Waals surface area contributed by atoms with Crippen LogP contribution in [0.3, 0.4) is 0 Å². The Hall–Kier alpha value is -1.88. The molecule has 1 aliphatic carbocycles. The van der Waals surface area contributed by atoms with Gasteiger partial charge in [-0.05, 0) is 54.2 Å². The summed E-state index contributed by atoms with van der Waals surface area (Å²) in [5, 5.41) is 0. The van der Waals surface area contributed by atoms with Gasteiger partial charge in [-0.3, -0.25) is 0 Å². The van der Waals surface area contributed by atoms with E-state index in [0.717, 1.165) is 30.9 Å². The lowest BCUT2D eigenvalue weighted by atomic mass is 10.1. The molecule has 0 radical (unpaired) electrons. The van der Waals surface area contributed by atoms with Crippen molar-refractivity contribution in [1.29, 1.82) is 0 Å². The topological polar surface area (TPSA) is 60.2 Å². The summed E-state index contributed by atoms with van der Waals surface area (Å²) in [6, 6.07) is 9.41. The largest absolute Gasteiger partial charge is 0.396 e. The van der Waals surface area contributed by atoms with E-state index in [2.05, 4.69) is 0 Å². The first-order valence-corrected chi connectivity index (χ1v) is 8.49. The van der Waals surface area contributed by atoms with Crippen molar-refractivity contribution in [3.63, 3.8) is 0 Å². The molecule has 2 aromatic rings. The Morgan fingerprint density at radius 2 is 1.81 bits per heavy atom. The molecule has 2 aromatic carbocycles. The van der Waals surface area contributed by atoms with Gasteiger partial charge in [0.05, 0.1) is 16.3 Å². The number of hydrogen-bond acceptors (Lipinski definition) is 3. The highest BCUT2D eigenvalue weighted by Crippen LogP contribution is 2.25. The molecule has 0 unspecified atom stereocenters. The van der Waals surface area contributed by atoms with E-state index in [1.54, 1.807) is 0 Å². The molecule has 0 fully saturated rings. The van der Waals surface area contributed by atoms with E-state index in [1.807, 2.05) is 18.2 Å². The molecule has 0 bridgehead atoms. The minimum Gasteiger partial charge on any atom is -0.396 e. The Morgan fingerprint density at radius 3 is 2.57 bits per heavy atom. The number of rotatable bonds is 3. The lowest BCUT2D eigenvalue weighted by molar-refractivity contribution is 0.591. The second-order valence-electron chi connectivity index (χ2n) is 5.40. The Balaban J connectivity index is 1.90. The summed E-state index contributed by atoms with van der Waals surface area (Å²) >= 11 is 0. The Morgan fingerprint density at radius 1 is 1.05 bits per heavy atom. The van der Waals surface area contributed by atoms with Crippen LogP contribution >= 0.6 is 0 Å². The lowest BCUT2D eigenvalue weighted by Crippen LogP contribution is -2.06. The monoisotopic (exact) mass is 305 g/mol. The SMILES string of the molecule is Nc1ccc(S(=O)(=O)Cc2ccc3c(c2)CCC3)cc1F. The van der Waals surface area contributed by atoms with Gasteiger partial charge in [-0.15, -0.1) is 0 Å². The third kappa shape index (κ3) is 2.78. The average Bonchev–Trinajstić information content (AvgIpc) is 2.88. The van der Waals surface area contributed by atoms with Gasteiger partial charge in [0.2, 0.25) is 0 Å². The zero-order chi connectivity index (χ0) is 15.0. The molecule has 0 aliphatic heterocycles. The first-order valence-electron chi connectivity index (χ1n) is 6.84. The zero-order valence-corrected chi connectivity index (χ0v) is 12.3. The van der Waals surface area contributed by atoms with E-state index >= 15 is 0 Å². The number of halogens is 1. The molecule has 1 aliphatic rings. The fourth-order valence-electron chi connectivity index (χ4n) is 2.72. The van der Waals surface area contributed by atoms with E-state index in [1.165, 1.54) is 23.3 Å². The van der Waals surface area contributed by atoms with E-state index in [9.17, 15) is 12.8 Å². The van der Waals surface area contributed by atoms with Crippen molar-refractivity contribution >= 4 is 15.5 Å². The molecule has 0 saturated heterocycles. The summed E-state index contributed by atoms with van der Waals surface area (Å²) in [5.74, 6) is -0.825. The molecule has 0 spiro atoms. The van der Waals surface area contributed by atoms with Crippen molar-refractivity contribution in [3.8, 4) is 0 Å². The highest BCUT2D eigenvalue weighted by molar-refractivity contribution is 7.90. The van der Waals surface area contributed by atoms with Crippen LogP contribution in [0.25, 0.3) is 0 Å². The van der Waals surface area contributed by atoms with Crippen LogP contribution in [0.2, 0.25) is 0 Å². The molecule has 5 heteroatoms. The van der Waals surface area contributed by atoms with Crippen LogP contribution in [0.15, 0.2) is 41.3 Å². The lowest BCUT2D eigenvalue weighted by Gasteiger charge is -2.08. The molecular weight excluding hydrogens is 289 g/mol. The maximum atomic E-state index is 13.4. The van der Waals surface area contributed by atoms with Gasteiger partial charge in [-0.1, -0.05) is 18.2 Å². The van der Waals surface area contributed by atoms with Crippen molar-refractivity contribution < 1.29 is 12.8 Å². The molecule has 3 rings (SSSR count). The number of nitrogens with two attached hydrogens (primary N) is 1. The standard InChI is InChI=1S/C16H16FNO2S/c17-15-9-14(6-7-16(15)18)21(19,20)10-11-4-5-12-2-1-3-13(12)8-11/h4-9H,1-3,10,18H2. The highest BCUT2D eigenvalue weighted by atomic mass is 32.2. The normalized spacial score (nSPS) is 14.1. The molecule has 0 heterocycles. The smallest absolute Gasteiger partial charge is 0.182 e. The van der Waals surface area contributed by atoms with Gasteiger partial charge in [0.15, 0.2) is 9.84 Å². The Kier molecular flexibility index (Phi) is 3.45. The van der Waals surface area contributed by atoms with Crippen LogP contribution in [0.1, 0.15) is 23.1 Å². The van der Waals surface area contributed by atoms with E-state index in [-0.39, 0.29) is 16.3 Å². The highest BCUT2D eigenvalue weighted by Gasteiger charge is 2.18. The Labute approximate surface area is 123 Å². The number of benzene rings is 2. The zero-order valence-electron chi connectivity index (χ0n) is 11.5. The van der Waals surface area contributed by atoms with Crippen LogP contribution in [0.5, 0.6) is 0 Å². The molecule has 0 aromatic heterocycles. The van der Waals surface area contributed by atoms with Gasteiger partial charge in [-0.2, -0.15) is 0 Å². The fourth-order valence-corrected chi connectivity index (χ4v) is 4.06. The second-order valence-corrected chi connectivity index (χ2v) is 7.39. The van der Waals surface area contributed by atoms with Crippen LogP contribution in [-0.4, -0.2) is 8.42 Å². The number of anilines is 1. The minimum absolute atomic E-state index is 0.0327. The second kappa shape index (κ2) is 5.15. The van der Waals surface area contributed by atoms with E-state index < -0.39 is 15.7 Å². The van der Waals surface area contributed by atoms with Crippen molar-refractivity contribution in [2.75, 3.05) is 5.73 Å². The summed E-state index contributed by atoms with van der Waals surface area (Å²) in [6.07, 6.45) is 3.18. The number of hydrogen-bond donors (Lipinski definition) is 1. The molecule has 0 amide bonds. The Bertz CT molecular complexity index is 800. The minimum atomic E-state index is -3.57. The van der Waals surface area contributed by atoms with Gasteiger partial charge in [-0.25, -0.2) is 12.8 Å². The summed E-state index contributed by atoms with van der Waals surface area (Å²) in [7, 11) is -3.57. The van der Waals surface area contributed by atoms with Gasteiger partial charge >= 0.3 is 0 Å². The van der Waals surface area contributed by atoms with E-state index in [4.69, 9.17) is 5.73 Å². The summed E-state index contributed by atoms with van der Waals surface area (Å²) in [6.45, 7) is 0. The third-order valence-corrected chi connectivity index (χ3v) is 5.54. The maximum absolute atomic E-state index is 13.4. The van der Waals surface area contributed by atoms with Gasteiger partial charge in [0.25, 0.3) is 0 Å². The molecule has 0 saturated carbocycles. The molecule has 0 atom stereocenters. The molecule has 2 N–H and O–H groups in total.